The van der Waals surface area contributed by atoms with Crippen molar-refractivity contribution in [2.75, 3.05) is 19.8 Å². The molecule has 4 heteroatoms. The summed E-state index contributed by atoms with van der Waals surface area (Å²) in [5, 5.41) is 0.756. The van der Waals surface area contributed by atoms with Crippen LogP contribution >= 0.6 is 11.6 Å². The van der Waals surface area contributed by atoms with Gasteiger partial charge >= 0.3 is 0 Å². The molecule has 0 radical (unpaired) electrons. The minimum atomic E-state index is 0.450. The number of hydrogen-bond acceptors (Lipinski definition) is 3. The quantitative estimate of drug-likeness (QED) is 0.685. The Morgan fingerprint density at radius 3 is 2.00 bits per heavy atom. The van der Waals surface area contributed by atoms with E-state index in [-0.39, 0.29) is 0 Å². The number of halogens is 1. The molecule has 0 aliphatic rings. The van der Waals surface area contributed by atoms with Crippen LogP contribution in [0.2, 0.25) is 5.02 Å². The molecule has 0 atom stereocenters. The highest BCUT2D eigenvalue weighted by atomic mass is 35.5. The number of para-hydroxylation sites is 2. The molecule has 0 fully saturated rings. The van der Waals surface area contributed by atoms with Gasteiger partial charge < -0.3 is 14.2 Å². The van der Waals surface area contributed by atoms with E-state index >= 15 is 0 Å². The molecule has 3 nitrogen and oxygen atoms in total. The standard InChI is InChI=1S/C18H21ClO3/c1-4-20-17-7-5-6-8-18(17)22-12-11-21-16-10-9-15(19)13(2)14(16)3/h5-10H,4,11-12H2,1-3H3. The Kier molecular flexibility index (Phi) is 5.96. The molecule has 0 heterocycles. The largest absolute Gasteiger partial charge is 0.490 e. The van der Waals surface area contributed by atoms with Gasteiger partial charge in [0.05, 0.1) is 6.61 Å². The van der Waals surface area contributed by atoms with Gasteiger partial charge in [0.1, 0.15) is 19.0 Å². The summed E-state index contributed by atoms with van der Waals surface area (Å²) in [6.45, 7) is 7.46. The SMILES string of the molecule is CCOc1ccccc1OCCOc1ccc(Cl)c(C)c1C. The Labute approximate surface area is 136 Å². The molecule has 0 N–H and O–H groups in total. The fourth-order valence-electron chi connectivity index (χ4n) is 2.07. The molecule has 0 saturated carbocycles. The van der Waals surface area contributed by atoms with Crippen molar-refractivity contribution in [1.82, 2.24) is 0 Å². The van der Waals surface area contributed by atoms with Gasteiger partial charge in [-0.1, -0.05) is 23.7 Å². The number of benzene rings is 2. The van der Waals surface area contributed by atoms with Crippen LogP contribution in [0.4, 0.5) is 0 Å². The predicted octanol–water partition coefficient (Wildman–Crippen LogP) is 4.81. The summed E-state index contributed by atoms with van der Waals surface area (Å²) in [4.78, 5) is 0. The maximum absolute atomic E-state index is 6.08. The molecule has 118 valence electrons. The van der Waals surface area contributed by atoms with Gasteiger partial charge in [-0.25, -0.2) is 0 Å². The lowest BCUT2D eigenvalue weighted by Crippen LogP contribution is -2.10. The molecular formula is C18H21ClO3. The minimum absolute atomic E-state index is 0.450. The van der Waals surface area contributed by atoms with E-state index < -0.39 is 0 Å². The fraction of sp³-hybridized carbons (Fsp3) is 0.333. The van der Waals surface area contributed by atoms with E-state index in [0.717, 1.165) is 33.4 Å². The van der Waals surface area contributed by atoms with Crippen molar-refractivity contribution < 1.29 is 14.2 Å². The van der Waals surface area contributed by atoms with Crippen LogP contribution in [-0.2, 0) is 0 Å². The van der Waals surface area contributed by atoms with Crippen molar-refractivity contribution in [2.45, 2.75) is 20.8 Å². The van der Waals surface area contributed by atoms with E-state index in [1.165, 1.54) is 0 Å². The highest BCUT2D eigenvalue weighted by Gasteiger charge is 2.07. The Morgan fingerprint density at radius 1 is 0.773 bits per heavy atom. The normalized spacial score (nSPS) is 10.4. The molecule has 0 amide bonds. The first-order valence-electron chi connectivity index (χ1n) is 7.36. The van der Waals surface area contributed by atoms with Gasteiger partial charge in [-0.15, -0.1) is 0 Å². The molecule has 22 heavy (non-hydrogen) atoms. The maximum atomic E-state index is 6.08. The van der Waals surface area contributed by atoms with Crippen molar-refractivity contribution in [1.29, 1.82) is 0 Å². The Balaban J connectivity index is 1.89. The molecule has 2 aromatic rings. The predicted molar refractivity (Wildman–Crippen MR) is 89.5 cm³/mol. The average Bonchev–Trinajstić information content (AvgIpc) is 2.53. The van der Waals surface area contributed by atoms with E-state index in [2.05, 4.69) is 0 Å². The third-order valence-electron chi connectivity index (χ3n) is 3.42. The number of rotatable bonds is 7. The van der Waals surface area contributed by atoms with Crippen LogP contribution in [0.1, 0.15) is 18.1 Å². The van der Waals surface area contributed by atoms with E-state index in [4.69, 9.17) is 25.8 Å². The van der Waals surface area contributed by atoms with Gasteiger partial charge in [0, 0.05) is 5.02 Å². The summed E-state index contributed by atoms with van der Waals surface area (Å²) in [5.41, 5.74) is 2.10. The molecule has 0 spiro atoms. The number of ether oxygens (including phenoxy) is 3. The van der Waals surface area contributed by atoms with Gasteiger partial charge in [-0.2, -0.15) is 0 Å². The van der Waals surface area contributed by atoms with Crippen LogP contribution in [0.5, 0.6) is 17.2 Å². The molecule has 0 saturated heterocycles. The summed E-state index contributed by atoms with van der Waals surface area (Å²) in [6, 6.07) is 11.4. The Bertz CT molecular complexity index is 626. The fourth-order valence-corrected chi connectivity index (χ4v) is 2.27. The van der Waals surface area contributed by atoms with Crippen LogP contribution < -0.4 is 14.2 Å². The Morgan fingerprint density at radius 2 is 1.36 bits per heavy atom. The van der Waals surface area contributed by atoms with Gasteiger partial charge in [-0.05, 0) is 56.2 Å². The second kappa shape index (κ2) is 7.95. The van der Waals surface area contributed by atoms with Crippen LogP contribution in [0.15, 0.2) is 36.4 Å². The zero-order valence-corrected chi connectivity index (χ0v) is 13.9. The first-order valence-corrected chi connectivity index (χ1v) is 7.74. The molecule has 0 aromatic heterocycles. The van der Waals surface area contributed by atoms with Gasteiger partial charge in [0.15, 0.2) is 11.5 Å². The topological polar surface area (TPSA) is 27.7 Å². The van der Waals surface area contributed by atoms with Crippen LogP contribution in [0, 0.1) is 13.8 Å². The van der Waals surface area contributed by atoms with E-state index in [0.29, 0.717) is 19.8 Å². The molecule has 0 aliphatic heterocycles. The lowest BCUT2D eigenvalue weighted by atomic mass is 10.1. The third kappa shape index (κ3) is 4.08. The van der Waals surface area contributed by atoms with Crippen molar-refractivity contribution in [2.24, 2.45) is 0 Å². The first kappa shape index (κ1) is 16.5. The molecule has 0 unspecified atom stereocenters. The smallest absolute Gasteiger partial charge is 0.161 e. The lowest BCUT2D eigenvalue weighted by molar-refractivity contribution is 0.207. The lowest BCUT2D eigenvalue weighted by Gasteiger charge is -2.14. The highest BCUT2D eigenvalue weighted by molar-refractivity contribution is 6.31. The van der Waals surface area contributed by atoms with E-state index in [9.17, 15) is 0 Å². The molecule has 2 rings (SSSR count). The summed E-state index contributed by atoms with van der Waals surface area (Å²) in [5.74, 6) is 2.32. The summed E-state index contributed by atoms with van der Waals surface area (Å²) >= 11 is 6.08. The second-order valence-corrected chi connectivity index (χ2v) is 5.28. The second-order valence-electron chi connectivity index (χ2n) is 4.87. The number of hydrogen-bond donors (Lipinski definition) is 0. The van der Waals surface area contributed by atoms with Crippen molar-refractivity contribution in [3.8, 4) is 17.2 Å². The van der Waals surface area contributed by atoms with Crippen LogP contribution in [0.3, 0.4) is 0 Å². The van der Waals surface area contributed by atoms with Gasteiger partial charge in [-0.3, -0.25) is 0 Å². The van der Waals surface area contributed by atoms with Gasteiger partial charge in [0.2, 0.25) is 0 Å². The highest BCUT2D eigenvalue weighted by Crippen LogP contribution is 2.28. The summed E-state index contributed by atoms with van der Waals surface area (Å²) < 4.78 is 17.0. The summed E-state index contributed by atoms with van der Waals surface area (Å²) in [7, 11) is 0. The average molecular weight is 321 g/mol. The molecule has 0 bridgehead atoms. The van der Waals surface area contributed by atoms with Crippen molar-refractivity contribution in [3.05, 3.63) is 52.5 Å². The molecule has 0 aliphatic carbocycles. The maximum Gasteiger partial charge on any atom is 0.161 e. The van der Waals surface area contributed by atoms with Crippen LogP contribution in [0.25, 0.3) is 0 Å². The molecular weight excluding hydrogens is 300 g/mol. The summed E-state index contributed by atoms with van der Waals surface area (Å²) in [6.07, 6.45) is 0. The zero-order valence-electron chi connectivity index (χ0n) is 13.2. The van der Waals surface area contributed by atoms with Crippen molar-refractivity contribution in [3.63, 3.8) is 0 Å². The van der Waals surface area contributed by atoms with Crippen molar-refractivity contribution >= 4 is 11.6 Å². The first-order chi connectivity index (χ1) is 10.6. The minimum Gasteiger partial charge on any atom is -0.490 e. The van der Waals surface area contributed by atoms with E-state index in [1.807, 2.05) is 57.2 Å². The zero-order chi connectivity index (χ0) is 15.9. The van der Waals surface area contributed by atoms with Gasteiger partial charge in [0.25, 0.3) is 0 Å². The monoisotopic (exact) mass is 320 g/mol. The third-order valence-corrected chi connectivity index (χ3v) is 3.83. The van der Waals surface area contributed by atoms with Crippen LogP contribution in [-0.4, -0.2) is 19.8 Å². The molecule has 2 aromatic carbocycles. The van der Waals surface area contributed by atoms with E-state index in [1.54, 1.807) is 0 Å². The Hall–Kier alpha value is -1.87.